The predicted molar refractivity (Wildman–Crippen MR) is 60.2 cm³/mol. The highest BCUT2D eigenvalue weighted by Gasteiger charge is 2.33. The van der Waals surface area contributed by atoms with E-state index in [9.17, 15) is 4.79 Å². The van der Waals surface area contributed by atoms with E-state index >= 15 is 0 Å². The SMILES string of the molecule is CC(C)(C(=O)O)n1nnnc1-c1ccccc1. The largest absolute Gasteiger partial charge is 0.479 e. The van der Waals surface area contributed by atoms with Gasteiger partial charge in [-0.1, -0.05) is 30.3 Å². The summed E-state index contributed by atoms with van der Waals surface area (Å²) in [5.74, 6) is -0.542. The number of tetrazole rings is 1. The lowest BCUT2D eigenvalue weighted by atomic mass is 10.1. The van der Waals surface area contributed by atoms with Crippen LogP contribution in [0.1, 0.15) is 13.8 Å². The summed E-state index contributed by atoms with van der Waals surface area (Å²) >= 11 is 0. The molecule has 6 nitrogen and oxygen atoms in total. The first kappa shape index (κ1) is 11.3. The van der Waals surface area contributed by atoms with Crippen molar-refractivity contribution in [3.8, 4) is 11.4 Å². The fourth-order valence-corrected chi connectivity index (χ4v) is 1.42. The van der Waals surface area contributed by atoms with Gasteiger partial charge in [0.2, 0.25) is 0 Å². The lowest BCUT2D eigenvalue weighted by molar-refractivity contribution is -0.146. The van der Waals surface area contributed by atoms with Gasteiger partial charge in [-0.2, -0.15) is 0 Å². The number of nitrogens with zero attached hydrogens (tertiary/aromatic N) is 4. The van der Waals surface area contributed by atoms with Crippen LogP contribution in [-0.2, 0) is 10.3 Å². The summed E-state index contributed by atoms with van der Waals surface area (Å²) in [6.45, 7) is 3.11. The van der Waals surface area contributed by atoms with Crippen molar-refractivity contribution in [2.75, 3.05) is 0 Å². The van der Waals surface area contributed by atoms with Gasteiger partial charge in [0.1, 0.15) is 0 Å². The highest BCUT2D eigenvalue weighted by molar-refractivity contribution is 5.76. The second-order valence-electron chi connectivity index (χ2n) is 4.14. The van der Waals surface area contributed by atoms with Crippen LogP contribution in [0.4, 0.5) is 0 Å². The van der Waals surface area contributed by atoms with E-state index in [1.54, 1.807) is 13.8 Å². The Bertz CT molecular complexity index is 533. The molecule has 88 valence electrons. The van der Waals surface area contributed by atoms with Gasteiger partial charge < -0.3 is 5.11 Å². The summed E-state index contributed by atoms with van der Waals surface area (Å²) in [5.41, 5.74) is -0.402. The summed E-state index contributed by atoms with van der Waals surface area (Å²) in [4.78, 5) is 11.2. The maximum atomic E-state index is 11.2. The first-order valence-electron chi connectivity index (χ1n) is 5.11. The second kappa shape index (κ2) is 3.97. The van der Waals surface area contributed by atoms with Crippen LogP contribution in [0.3, 0.4) is 0 Å². The Hall–Kier alpha value is -2.24. The maximum absolute atomic E-state index is 11.2. The second-order valence-corrected chi connectivity index (χ2v) is 4.14. The Kier molecular flexibility index (Phi) is 2.63. The van der Waals surface area contributed by atoms with Crippen LogP contribution in [-0.4, -0.2) is 31.3 Å². The molecule has 2 aromatic rings. The number of carboxylic acid groups (broad SMARTS) is 1. The molecule has 0 spiro atoms. The van der Waals surface area contributed by atoms with Gasteiger partial charge in [-0.15, -0.1) is 5.10 Å². The highest BCUT2D eigenvalue weighted by Crippen LogP contribution is 2.22. The molecular weight excluding hydrogens is 220 g/mol. The van der Waals surface area contributed by atoms with Crippen LogP contribution in [0.25, 0.3) is 11.4 Å². The van der Waals surface area contributed by atoms with E-state index in [-0.39, 0.29) is 0 Å². The fraction of sp³-hybridized carbons (Fsp3) is 0.273. The molecule has 1 aromatic heterocycles. The third-order valence-electron chi connectivity index (χ3n) is 2.55. The standard InChI is InChI=1S/C11H12N4O2/c1-11(2,10(16)17)15-9(12-13-14-15)8-6-4-3-5-7-8/h3-7H,1-2H3,(H,16,17). The number of carboxylic acids is 1. The van der Waals surface area contributed by atoms with Crippen molar-refractivity contribution in [3.05, 3.63) is 30.3 Å². The summed E-state index contributed by atoms with van der Waals surface area (Å²) in [5, 5.41) is 20.3. The molecule has 0 amide bonds. The van der Waals surface area contributed by atoms with Gasteiger partial charge in [-0.05, 0) is 24.3 Å². The van der Waals surface area contributed by atoms with Crippen molar-refractivity contribution < 1.29 is 9.90 Å². The summed E-state index contributed by atoms with van der Waals surface area (Å²) in [7, 11) is 0. The van der Waals surface area contributed by atoms with E-state index < -0.39 is 11.5 Å². The number of rotatable bonds is 3. The summed E-state index contributed by atoms with van der Waals surface area (Å²) in [6, 6.07) is 9.24. The van der Waals surface area contributed by atoms with Crippen LogP contribution >= 0.6 is 0 Å². The van der Waals surface area contributed by atoms with Gasteiger partial charge in [0.25, 0.3) is 0 Å². The molecule has 0 bridgehead atoms. The van der Waals surface area contributed by atoms with E-state index in [1.807, 2.05) is 30.3 Å². The van der Waals surface area contributed by atoms with Gasteiger partial charge in [0.05, 0.1) is 0 Å². The number of aromatic nitrogens is 4. The minimum Gasteiger partial charge on any atom is -0.479 e. The zero-order valence-electron chi connectivity index (χ0n) is 9.53. The quantitative estimate of drug-likeness (QED) is 0.858. The zero-order chi connectivity index (χ0) is 12.5. The molecule has 0 aliphatic carbocycles. The lowest BCUT2D eigenvalue weighted by Gasteiger charge is -2.20. The highest BCUT2D eigenvalue weighted by atomic mass is 16.4. The molecule has 0 saturated carbocycles. The Labute approximate surface area is 97.9 Å². The smallest absolute Gasteiger partial charge is 0.331 e. The molecule has 0 radical (unpaired) electrons. The van der Waals surface area contributed by atoms with Gasteiger partial charge in [0.15, 0.2) is 11.4 Å². The Balaban J connectivity index is 2.53. The van der Waals surface area contributed by atoms with Crippen LogP contribution in [0.5, 0.6) is 0 Å². The number of benzene rings is 1. The fourth-order valence-electron chi connectivity index (χ4n) is 1.42. The molecule has 17 heavy (non-hydrogen) atoms. The van der Waals surface area contributed by atoms with Crippen molar-refractivity contribution in [3.63, 3.8) is 0 Å². The molecule has 1 N–H and O–H groups in total. The lowest BCUT2D eigenvalue weighted by Crippen LogP contribution is -2.37. The van der Waals surface area contributed by atoms with E-state index in [0.717, 1.165) is 5.56 Å². The molecule has 0 atom stereocenters. The number of carbonyl (C=O) groups is 1. The van der Waals surface area contributed by atoms with E-state index in [4.69, 9.17) is 5.11 Å². The van der Waals surface area contributed by atoms with E-state index in [2.05, 4.69) is 15.5 Å². The molecule has 1 aromatic carbocycles. The third kappa shape index (κ3) is 1.89. The van der Waals surface area contributed by atoms with Gasteiger partial charge in [-0.25, -0.2) is 9.48 Å². The van der Waals surface area contributed by atoms with E-state index in [0.29, 0.717) is 5.82 Å². The number of hydrogen-bond acceptors (Lipinski definition) is 4. The molecule has 0 aliphatic heterocycles. The van der Waals surface area contributed by atoms with E-state index in [1.165, 1.54) is 4.68 Å². The number of aliphatic carboxylic acids is 1. The molecule has 6 heteroatoms. The first-order valence-corrected chi connectivity index (χ1v) is 5.11. The van der Waals surface area contributed by atoms with Crippen LogP contribution < -0.4 is 0 Å². The van der Waals surface area contributed by atoms with Crippen molar-refractivity contribution >= 4 is 5.97 Å². The van der Waals surface area contributed by atoms with Gasteiger partial charge in [-0.3, -0.25) is 0 Å². The average Bonchev–Trinajstić information content (AvgIpc) is 2.79. The van der Waals surface area contributed by atoms with Crippen molar-refractivity contribution in [2.45, 2.75) is 19.4 Å². The zero-order valence-corrected chi connectivity index (χ0v) is 9.53. The maximum Gasteiger partial charge on any atom is 0.331 e. The molecule has 0 aliphatic rings. The Morgan fingerprint density at radius 3 is 2.53 bits per heavy atom. The monoisotopic (exact) mass is 232 g/mol. The molecule has 0 unspecified atom stereocenters. The Morgan fingerprint density at radius 2 is 1.94 bits per heavy atom. The minimum absolute atomic E-state index is 0.443. The molecule has 1 heterocycles. The normalized spacial score (nSPS) is 11.4. The minimum atomic E-state index is -1.19. The van der Waals surface area contributed by atoms with Crippen LogP contribution in [0, 0.1) is 0 Å². The molecule has 0 fully saturated rings. The van der Waals surface area contributed by atoms with Crippen LogP contribution in [0.2, 0.25) is 0 Å². The topological polar surface area (TPSA) is 80.9 Å². The van der Waals surface area contributed by atoms with Gasteiger partial charge in [0, 0.05) is 5.56 Å². The summed E-state index contributed by atoms with van der Waals surface area (Å²) < 4.78 is 1.31. The van der Waals surface area contributed by atoms with Crippen LogP contribution in [0.15, 0.2) is 30.3 Å². The van der Waals surface area contributed by atoms with Crippen molar-refractivity contribution in [2.24, 2.45) is 0 Å². The molecule has 0 saturated heterocycles. The van der Waals surface area contributed by atoms with Crippen molar-refractivity contribution in [1.29, 1.82) is 0 Å². The Morgan fingerprint density at radius 1 is 1.29 bits per heavy atom. The van der Waals surface area contributed by atoms with Crippen molar-refractivity contribution in [1.82, 2.24) is 20.2 Å². The molecule has 2 rings (SSSR count). The predicted octanol–water partition coefficient (Wildman–Crippen LogP) is 1.16. The third-order valence-corrected chi connectivity index (χ3v) is 2.55. The number of hydrogen-bond donors (Lipinski definition) is 1. The first-order chi connectivity index (χ1) is 8.03. The summed E-state index contributed by atoms with van der Waals surface area (Å²) in [6.07, 6.45) is 0. The van der Waals surface area contributed by atoms with Gasteiger partial charge >= 0.3 is 5.97 Å². The molecular formula is C11H12N4O2. The average molecular weight is 232 g/mol.